The topological polar surface area (TPSA) is 46.3 Å². The third-order valence-electron chi connectivity index (χ3n) is 3.55. The molecule has 17 heavy (non-hydrogen) atoms. The molecule has 1 aromatic rings. The van der Waals surface area contributed by atoms with Crippen molar-refractivity contribution in [3.8, 4) is 0 Å². The van der Waals surface area contributed by atoms with Crippen molar-refractivity contribution in [1.82, 2.24) is 0 Å². The van der Waals surface area contributed by atoms with E-state index >= 15 is 0 Å². The van der Waals surface area contributed by atoms with Crippen molar-refractivity contribution >= 4 is 5.71 Å². The van der Waals surface area contributed by atoms with Gasteiger partial charge in [0, 0.05) is 19.4 Å². The van der Waals surface area contributed by atoms with Crippen LogP contribution >= 0.6 is 0 Å². The fourth-order valence-corrected chi connectivity index (χ4v) is 2.64. The Morgan fingerprint density at radius 2 is 1.88 bits per heavy atom. The van der Waals surface area contributed by atoms with Crippen molar-refractivity contribution in [2.75, 3.05) is 0 Å². The minimum atomic E-state index is -1.01. The highest BCUT2D eigenvalue weighted by Crippen LogP contribution is 2.36. The zero-order valence-electron chi connectivity index (χ0n) is 10.6. The molecule has 1 aliphatic heterocycles. The quantitative estimate of drug-likeness (QED) is 0.629. The summed E-state index contributed by atoms with van der Waals surface area (Å²) in [5.41, 5.74) is -0.231. The van der Waals surface area contributed by atoms with Gasteiger partial charge in [-0.3, -0.25) is 0 Å². The lowest BCUT2D eigenvalue weighted by Gasteiger charge is -2.20. The van der Waals surface area contributed by atoms with Crippen molar-refractivity contribution in [2.45, 2.75) is 44.8 Å². The van der Waals surface area contributed by atoms with Crippen molar-refractivity contribution in [2.24, 2.45) is 0 Å². The maximum Gasteiger partial charge on any atom is 0.227 e. The average Bonchev–Trinajstić information content (AvgIpc) is 2.47. The van der Waals surface area contributed by atoms with Gasteiger partial charge in [0.2, 0.25) is 5.71 Å². The van der Waals surface area contributed by atoms with E-state index in [4.69, 9.17) is 0 Å². The average molecular weight is 233 g/mol. The normalized spacial score (nSPS) is 27.5. The maximum absolute atomic E-state index is 12.3. The Hall–Kier alpha value is -1.35. The molecule has 1 aromatic carbocycles. The Balaban J connectivity index is 2.59. The molecule has 0 aromatic heterocycles. The Bertz CT molecular complexity index is 451. The van der Waals surface area contributed by atoms with E-state index in [-0.39, 0.29) is 0 Å². The number of nitrogens with zero attached hydrogens (tertiary/aromatic N) is 1. The smallest absolute Gasteiger partial charge is 0.227 e. The maximum atomic E-state index is 12.3. The molecule has 1 unspecified atom stereocenters. The SMILES string of the molecule is CCC1(O)CC(C)(C)[N+]([O-])=C1c1ccccc1. The summed E-state index contributed by atoms with van der Waals surface area (Å²) in [7, 11) is 0. The zero-order chi connectivity index (χ0) is 12.7. The predicted molar refractivity (Wildman–Crippen MR) is 68.1 cm³/mol. The molecule has 0 saturated heterocycles. The molecule has 1 heterocycles. The standard InChI is InChI=1S/C14H19NO2/c1-4-14(16)10-13(2,3)15(17)12(14)11-8-6-5-7-9-11/h5-9,16H,4,10H2,1-3H3. The molecule has 0 spiro atoms. The summed E-state index contributed by atoms with van der Waals surface area (Å²) in [4.78, 5) is 0. The van der Waals surface area contributed by atoms with Crippen LogP contribution in [0.15, 0.2) is 30.3 Å². The second-order valence-corrected chi connectivity index (χ2v) is 5.38. The fourth-order valence-electron chi connectivity index (χ4n) is 2.64. The van der Waals surface area contributed by atoms with E-state index < -0.39 is 11.1 Å². The summed E-state index contributed by atoms with van der Waals surface area (Å²) in [5, 5.41) is 23.0. The molecule has 1 atom stereocenters. The molecule has 0 fully saturated rings. The molecule has 3 nitrogen and oxygen atoms in total. The van der Waals surface area contributed by atoms with E-state index in [1.807, 2.05) is 51.1 Å². The van der Waals surface area contributed by atoms with Crippen molar-refractivity contribution in [1.29, 1.82) is 0 Å². The Kier molecular flexibility index (Phi) is 2.74. The van der Waals surface area contributed by atoms with Gasteiger partial charge in [0.15, 0.2) is 11.1 Å². The van der Waals surface area contributed by atoms with E-state index in [2.05, 4.69) is 0 Å². The second kappa shape index (κ2) is 3.84. The fraction of sp³-hybridized carbons (Fsp3) is 0.500. The lowest BCUT2D eigenvalue weighted by atomic mass is 9.84. The molecule has 3 heteroatoms. The number of hydrogen-bond acceptors (Lipinski definition) is 2. The molecular weight excluding hydrogens is 214 g/mol. The van der Waals surface area contributed by atoms with Gasteiger partial charge in [0.25, 0.3) is 0 Å². The summed E-state index contributed by atoms with van der Waals surface area (Å²) in [6, 6.07) is 9.43. The zero-order valence-corrected chi connectivity index (χ0v) is 10.6. The van der Waals surface area contributed by atoms with Crippen LogP contribution in [0.25, 0.3) is 0 Å². The lowest BCUT2D eigenvalue weighted by molar-refractivity contribution is -0.530. The largest absolute Gasteiger partial charge is 0.623 e. The van der Waals surface area contributed by atoms with Gasteiger partial charge < -0.3 is 10.3 Å². The number of aliphatic hydroxyl groups is 1. The van der Waals surface area contributed by atoms with Crippen LogP contribution < -0.4 is 0 Å². The first kappa shape index (κ1) is 12.1. The van der Waals surface area contributed by atoms with Gasteiger partial charge in [-0.25, -0.2) is 4.74 Å². The minimum Gasteiger partial charge on any atom is -0.623 e. The van der Waals surface area contributed by atoms with Crippen LogP contribution in [-0.4, -0.2) is 26.7 Å². The molecule has 0 radical (unpaired) electrons. The van der Waals surface area contributed by atoms with Gasteiger partial charge in [-0.1, -0.05) is 25.1 Å². The summed E-state index contributed by atoms with van der Waals surface area (Å²) in [6.45, 7) is 5.66. The van der Waals surface area contributed by atoms with Crippen LogP contribution in [0.2, 0.25) is 0 Å². The summed E-state index contributed by atoms with van der Waals surface area (Å²) < 4.78 is 0.978. The van der Waals surface area contributed by atoms with Crippen molar-refractivity contribution < 1.29 is 9.85 Å². The van der Waals surface area contributed by atoms with Crippen LogP contribution in [0.1, 0.15) is 39.2 Å². The first-order valence-electron chi connectivity index (χ1n) is 6.03. The van der Waals surface area contributed by atoms with E-state index in [1.54, 1.807) is 0 Å². The molecule has 0 aliphatic carbocycles. The number of rotatable bonds is 2. The Morgan fingerprint density at radius 3 is 2.41 bits per heavy atom. The predicted octanol–water partition coefficient (Wildman–Crippen LogP) is 2.31. The molecule has 2 rings (SSSR count). The van der Waals surface area contributed by atoms with Crippen LogP contribution in [-0.2, 0) is 0 Å². The van der Waals surface area contributed by atoms with Gasteiger partial charge in [0.1, 0.15) is 0 Å². The molecular formula is C14H19NO2. The van der Waals surface area contributed by atoms with E-state index in [9.17, 15) is 10.3 Å². The molecule has 92 valence electrons. The third kappa shape index (κ3) is 1.84. The number of hydrogen-bond donors (Lipinski definition) is 1. The molecule has 0 saturated carbocycles. The van der Waals surface area contributed by atoms with Gasteiger partial charge in [-0.15, -0.1) is 0 Å². The van der Waals surface area contributed by atoms with Crippen molar-refractivity contribution in [3.63, 3.8) is 0 Å². The summed E-state index contributed by atoms with van der Waals surface area (Å²) in [5.74, 6) is 0. The highest BCUT2D eigenvalue weighted by molar-refractivity contribution is 6.04. The van der Waals surface area contributed by atoms with Gasteiger partial charge in [-0.05, 0) is 18.6 Å². The van der Waals surface area contributed by atoms with Gasteiger partial charge >= 0.3 is 0 Å². The highest BCUT2D eigenvalue weighted by Gasteiger charge is 2.53. The number of hydroxylamine groups is 1. The first-order chi connectivity index (χ1) is 7.91. The van der Waals surface area contributed by atoms with Gasteiger partial charge in [-0.2, -0.15) is 0 Å². The lowest BCUT2D eigenvalue weighted by Crippen LogP contribution is -2.37. The van der Waals surface area contributed by atoms with Crippen LogP contribution in [0.5, 0.6) is 0 Å². The minimum absolute atomic E-state index is 0.476. The monoisotopic (exact) mass is 233 g/mol. The molecule has 0 bridgehead atoms. The number of benzene rings is 1. The highest BCUT2D eigenvalue weighted by atomic mass is 16.5. The van der Waals surface area contributed by atoms with Gasteiger partial charge in [0.05, 0.1) is 6.42 Å². The van der Waals surface area contributed by atoms with Crippen LogP contribution in [0.3, 0.4) is 0 Å². The Morgan fingerprint density at radius 1 is 1.29 bits per heavy atom. The summed E-state index contributed by atoms with van der Waals surface area (Å²) >= 11 is 0. The van der Waals surface area contributed by atoms with E-state index in [0.29, 0.717) is 18.6 Å². The third-order valence-corrected chi connectivity index (χ3v) is 3.55. The van der Waals surface area contributed by atoms with Crippen LogP contribution in [0.4, 0.5) is 0 Å². The molecule has 0 amide bonds. The Labute approximate surface area is 102 Å². The van der Waals surface area contributed by atoms with Crippen molar-refractivity contribution in [3.05, 3.63) is 41.1 Å². The summed E-state index contributed by atoms with van der Waals surface area (Å²) in [6.07, 6.45) is 1.03. The molecule has 1 N–H and O–H groups in total. The van der Waals surface area contributed by atoms with E-state index in [1.165, 1.54) is 0 Å². The van der Waals surface area contributed by atoms with Crippen LogP contribution in [0, 0.1) is 5.21 Å². The first-order valence-corrected chi connectivity index (χ1v) is 6.03. The van der Waals surface area contributed by atoms with E-state index in [0.717, 1.165) is 10.3 Å². The second-order valence-electron chi connectivity index (χ2n) is 5.38. The molecule has 1 aliphatic rings.